The predicted molar refractivity (Wildman–Crippen MR) is 343 cm³/mol. The molecule has 0 spiro atoms. The summed E-state index contributed by atoms with van der Waals surface area (Å²) in [6, 6.07) is 0. The monoisotopic (exact) mass is 1090 g/mol. The molecule has 0 radical (unpaired) electrons. The van der Waals surface area contributed by atoms with Gasteiger partial charge in [0.15, 0.2) is 6.10 Å². The van der Waals surface area contributed by atoms with Crippen LogP contribution < -0.4 is 0 Å². The zero-order valence-corrected chi connectivity index (χ0v) is 50.8. The van der Waals surface area contributed by atoms with Crippen molar-refractivity contribution in [3.05, 3.63) is 158 Å². The molecule has 0 amide bonds. The molecule has 0 fully saturated rings. The molecule has 6 nitrogen and oxygen atoms in total. The van der Waals surface area contributed by atoms with Gasteiger partial charge in [0.1, 0.15) is 13.2 Å². The minimum absolute atomic E-state index is 0.115. The number of carbonyl (C=O) groups excluding carboxylic acids is 3. The molecule has 0 aliphatic rings. The molecule has 6 heteroatoms. The van der Waals surface area contributed by atoms with E-state index in [0.717, 1.165) is 135 Å². The molecule has 0 aromatic carbocycles. The van der Waals surface area contributed by atoms with Gasteiger partial charge in [0.25, 0.3) is 0 Å². The molecule has 0 heterocycles. The molecule has 0 bridgehead atoms. The van der Waals surface area contributed by atoms with E-state index >= 15 is 0 Å². The van der Waals surface area contributed by atoms with E-state index < -0.39 is 6.10 Å². The Morgan fingerprint density at radius 2 is 0.468 bits per heavy atom. The lowest BCUT2D eigenvalue weighted by Crippen LogP contribution is -2.30. The van der Waals surface area contributed by atoms with Crippen LogP contribution in [0.25, 0.3) is 0 Å². The maximum atomic E-state index is 12.9. The fourth-order valence-electron chi connectivity index (χ4n) is 8.34. The summed E-state index contributed by atoms with van der Waals surface area (Å²) in [6.45, 7) is 6.22. The fraction of sp³-hybridized carbons (Fsp3) is 0.603. The quantitative estimate of drug-likeness (QED) is 0.0261. The number of hydrogen-bond donors (Lipinski definition) is 0. The van der Waals surface area contributed by atoms with Gasteiger partial charge < -0.3 is 14.2 Å². The zero-order chi connectivity index (χ0) is 57.1. The first-order chi connectivity index (χ1) is 39.0. The van der Waals surface area contributed by atoms with E-state index in [-0.39, 0.29) is 37.5 Å². The van der Waals surface area contributed by atoms with Crippen LogP contribution in [0.3, 0.4) is 0 Å². The van der Waals surface area contributed by atoms with Crippen LogP contribution in [0.4, 0.5) is 0 Å². The summed E-state index contributed by atoms with van der Waals surface area (Å²) in [5, 5.41) is 0. The zero-order valence-electron chi connectivity index (χ0n) is 50.8. The predicted octanol–water partition coefficient (Wildman–Crippen LogP) is 22.1. The standard InChI is InChI=1S/C73H116O6/c1-4-7-10-13-16-19-22-25-27-29-30-31-32-33-34-35-36-37-38-39-40-41-42-44-45-48-51-54-57-60-63-66-72(75)78-69-70(68-77-71(74)65-62-59-56-53-50-47-24-21-18-15-12-9-6-3)79-73(76)67-64-61-58-55-52-49-46-43-28-26-23-20-17-14-11-8-5-2/h7-12,16-21,25-28,30-31,33-34,46-47,49-50,55,58,70H,4-6,13-15,22-24,29,32,35-45,48,51-54,56-57,59-69H2,1-3H3/b10-7-,11-8-,12-9-,19-16-,20-17-,21-18-,27-25-,28-26-,31-30-,34-33-,49-46-,50-47-,58-55-. The van der Waals surface area contributed by atoms with Crippen molar-refractivity contribution in [1.29, 1.82) is 0 Å². The Bertz CT molecular complexity index is 1780. The Balaban J connectivity index is 4.31. The van der Waals surface area contributed by atoms with Crippen LogP contribution in [-0.2, 0) is 28.6 Å². The van der Waals surface area contributed by atoms with Gasteiger partial charge in [-0.25, -0.2) is 0 Å². The molecule has 0 aliphatic heterocycles. The highest BCUT2D eigenvalue weighted by Crippen LogP contribution is 2.15. The second-order valence-corrected chi connectivity index (χ2v) is 20.5. The van der Waals surface area contributed by atoms with Crippen LogP contribution in [0.15, 0.2) is 158 Å². The third-order valence-corrected chi connectivity index (χ3v) is 13.0. The van der Waals surface area contributed by atoms with Crippen molar-refractivity contribution in [3.8, 4) is 0 Å². The largest absolute Gasteiger partial charge is 0.462 e. The van der Waals surface area contributed by atoms with Gasteiger partial charge in [-0.15, -0.1) is 0 Å². The third kappa shape index (κ3) is 63.7. The van der Waals surface area contributed by atoms with Crippen LogP contribution in [0.5, 0.6) is 0 Å². The fourth-order valence-corrected chi connectivity index (χ4v) is 8.34. The Hall–Kier alpha value is -4.97. The molecule has 1 atom stereocenters. The molecule has 0 aromatic rings. The first kappa shape index (κ1) is 74.0. The number of hydrogen-bond acceptors (Lipinski definition) is 6. The molecule has 0 saturated heterocycles. The molecular formula is C73H116O6. The molecule has 1 unspecified atom stereocenters. The average molecular weight is 1090 g/mol. The number of unbranched alkanes of at least 4 members (excludes halogenated alkanes) is 19. The van der Waals surface area contributed by atoms with Gasteiger partial charge in [-0.3, -0.25) is 14.4 Å². The topological polar surface area (TPSA) is 78.9 Å². The normalized spacial score (nSPS) is 13.2. The second kappa shape index (κ2) is 65.5. The smallest absolute Gasteiger partial charge is 0.306 e. The van der Waals surface area contributed by atoms with Crippen molar-refractivity contribution < 1.29 is 28.6 Å². The molecule has 0 aliphatic carbocycles. The maximum absolute atomic E-state index is 12.9. The van der Waals surface area contributed by atoms with Crippen LogP contribution in [-0.4, -0.2) is 37.2 Å². The summed E-state index contributed by atoms with van der Waals surface area (Å²) in [7, 11) is 0. The van der Waals surface area contributed by atoms with Gasteiger partial charge in [-0.05, 0) is 135 Å². The second-order valence-electron chi connectivity index (χ2n) is 20.5. The maximum Gasteiger partial charge on any atom is 0.306 e. The van der Waals surface area contributed by atoms with Crippen LogP contribution >= 0.6 is 0 Å². The van der Waals surface area contributed by atoms with Crippen molar-refractivity contribution in [1.82, 2.24) is 0 Å². The Morgan fingerprint density at radius 1 is 0.253 bits per heavy atom. The van der Waals surface area contributed by atoms with E-state index in [2.05, 4.69) is 179 Å². The van der Waals surface area contributed by atoms with Gasteiger partial charge in [0, 0.05) is 19.3 Å². The van der Waals surface area contributed by atoms with E-state index in [0.29, 0.717) is 19.3 Å². The van der Waals surface area contributed by atoms with Gasteiger partial charge in [0.05, 0.1) is 0 Å². The highest BCUT2D eigenvalue weighted by Gasteiger charge is 2.19. The molecule has 0 rings (SSSR count). The Kier molecular flexibility index (Phi) is 61.4. The summed E-state index contributed by atoms with van der Waals surface area (Å²) in [5.41, 5.74) is 0. The number of carbonyl (C=O) groups is 3. The molecule has 79 heavy (non-hydrogen) atoms. The molecule has 0 N–H and O–H groups in total. The van der Waals surface area contributed by atoms with Crippen LogP contribution in [0.1, 0.15) is 265 Å². The SMILES string of the molecule is CC/C=C\C/C=C\C/C=C\C/C=C\C/C=C\CCCCCCCCCCCCCCCCCC(=O)OCC(COC(=O)CCCCC/C=C\C/C=C\C/C=C\CC)OC(=O)CCC/C=C\C/C=C\C/C=C\C/C=C\C/C=C\CC. The summed E-state index contributed by atoms with van der Waals surface area (Å²) in [4.78, 5) is 38.2. The van der Waals surface area contributed by atoms with Crippen molar-refractivity contribution >= 4 is 17.9 Å². The summed E-state index contributed by atoms with van der Waals surface area (Å²) >= 11 is 0. The first-order valence-corrected chi connectivity index (χ1v) is 32.0. The van der Waals surface area contributed by atoms with Crippen molar-refractivity contribution in [3.63, 3.8) is 0 Å². The van der Waals surface area contributed by atoms with Crippen molar-refractivity contribution in [2.24, 2.45) is 0 Å². The number of rotatable bonds is 56. The minimum atomic E-state index is -0.827. The lowest BCUT2D eigenvalue weighted by atomic mass is 10.0. The van der Waals surface area contributed by atoms with Crippen molar-refractivity contribution in [2.75, 3.05) is 13.2 Å². The summed E-state index contributed by atoms with van der Waals surface area (Å²) in [5.74, 6) is -1.01. The molecule has 0 saturated carbocycles. The van der Waals surface area contributed by atoms with Crippen LogP contribution in [0, 0.1) is 0 Å². The third-order valence-electron chi connectivity index (χ3n) is 13.0. The number of ether oxygens (including phenoxy) is 3. The minimum Gasteiger partial charge on any atom is -0.462 e. The van der Waals surface area contributed by atoms with Crippen molar-refractivity contribution in [2.45, 2.75) is 271 Å². The van der Waals surface area contributed by atoms with Crippen LogP contribution in [0.2, 0.25) is 0 Å². The van der Waals surface area contributed by atoms with Gasteiger partial charge in [-0.2, -0.15) is 0 Å². The van der Waals surface area contributed by atoms with E-state index in [9.17, 15) is 14.4 Å². The highest BCUT2D eigenvalue weighted by atomic mass is 16.6. The first-order valence-electron chi connectivity index (χ1n) is 32.0. The van der Waals surface area contributed by atoms with E-state index in [1.807, 2.05) is 0 Å². The van der Waals surface area contributed by atoms with Gasteiger partial charge in [0.2, 0.25) is 0 Å². The van der Waals surface area contributed by atoms with E-state index in [1.54, 1.807) is 0 Å². The molecular weight excluding hydrogens is 973 g/mol. The average Bonchev–Trinajstić information content (AvgIpc) is 3.45. The highest BCUT2D eigenvalue weighted by molar-refractivity contribution is 5.71. The lowest BCUT2D eigenvalue weighted by molar-refractivity contribution is -0.167. The molecule has 444 valence electrons. The molecule has 0 aromatic heterocycles. The lowest BCUT2D eigenvalue weighted by Gasteiger charge is -2.18. The summed E-state index contributed by atoms with van der Waals surface area (Å²) in [6.07, 6.45) is 95.6. The summed E-state index contributed by atoms with van der Waals surface area (Å²) < 4.78 is 16.8. The van der Waals surface area contributed by atoms with E-state index in [4.69, 9.17) is 14.2 Å². The Morgan fingerprint density at radius 3 is 0.759 bits per heavy atom. The van der Waals surface area contributed by atoms with Gasteiger partial charge in [-0.1, -0.05) is 269 Å². The van der Waals surface area contributed by atoms with Gasteiger partial charge >= 0.3 is 17.9 Å². The number of esters is 3. The van der Waals surface area contributed by atoms with E-state index in [1.165, 1.54) is 83.5 Å². The Labute approximate surface area is 486 Å². The number of allylic oxidation sites excluding steroid dienone is 26.